The standard InChI is InChI=1S/C7H16O4/c1-7(9)6-11-5-4-10-3-2-8/h7-9H,2-6H2,1H3/t7-/m1/s1. The van der Waals surface area contributed by atoms with E-state index in [4.69, 9.17) is 19.7 Å². The highest BCUT2D eigenvalue weighted by molar-refractivity contribution is 4.40. The molecule has 0 aliphatic rings. The Morgan fingerprint density at radius 3 is 2.36 bits per heavy atom. The van der Waals surface area contributed by atoms with Gasteiger partial charge in [-0.05, 0) is 6.92 Å². The van der Waals surface area contributed by atoms with Gasteiger partial charge in [-0.3, -0.25) is 0 Å². The Labute approximate surface area is 66.7 Å². The smallest absolute Gasteiger partial charge is 0.0745 e. The van der Waals surface area contributed by atoms with Crippen molar-refractivity contribution in [2.45, 2.75) is 13.0 Å². The molecule has 0 radical (unpaired) electrons. The summed E-state index contributed by atoms with van der Waals surface area (Å²) in [5, 5.41) is 17.1. The van der Waals surface area contributed by atoms with Crippen LogP contribution in [-0.4, -0.2) is 49.4 Å². The molecule has 0 fully saturated rings. The average molecular weight is 164 g/mol. The van der Waals surface area contributed by atoms with E-state index in [0.717, 1.165) is 0 Å². The highest BCUT2D eigenvalue weighted by Crippen LogP contribution is 1.83. The van der Waals surface area contributed by atoms with Gasteiger partial charge in [-0.1, -0.05) is 0 Å². The minimum Gasteiger partial charge on any atom is -0.394 e. The minimum absolute atomic E-state index is 0.0381. The lowest BCUT2D eigenvalue weighted by Gasteiger charge is -2.05. The molecule has 4 nitrogen and oxygen atoms in total. The van der Waals surface area contributed by atoms with Gasteiger partial charge in [-0.2, -0.15) is 0 Å². The molecule has 2 N–H and O–H groups in total. The van der Waals surface area contributed by atoms with Gasteiger partial charge in [0, 0.05) is 0 Å². The third kappa shape index (κ3) is 9.84. The van der Waals surface area contributed by atoms with Crippen LogP contribution < -0.4 is 0 Å². The van der Waals surface area contributed by atoms with Crippen LogP contribution >= 0.6 is 0 Å². The fraction of sp³-hybridized carbons (Fsp3) is 1.00. The number of ether oxygens (including phenoxy) is 2. The van der Waals surface area contributed by atoms with E-state index in [1.165, 1.54) is 0 Å². The number of hydrogen-bond acceptors (Lipinski definition) is 4. The largest absolute Gasteiger partial charge is 0.394 e. The second-order valence-corrected chi connectivity index (χ2v) is 2.26. The van der Waals surface area contributed by atoms with Crippen molar-refractivity contribution in [3.63, 3.8) is 0 Å². The Kier molecular flexibility index (Phi) is 7.83. The maximum atomic E-state index is 8.75. The van der Waals surface area contributed by atoms with E-state index in [1.54, 1.807) is 6.92 Å². The fourth-order valence-electron chi connectivity index (χ4n) is 0.538. The first-order valence-electron chi connectivity index (χ1n) is 3.71. The quantitative estimate of drug-likeness (QED) is 0.493. The van der Waals surface area contributed by atoms with Crippen molar-refractivity contribution in [3.8, 4) is 0 Å². The summed E-state index contributed by atoms with van der Waals surface area (Å²) in [6.45, 7) is 3.31. The molecule has 0 rings (SSSR count). The van der Waals surface area contributed by atoms with Crippen LogP contribution in [0.3, 0.4) is 0 Å². The first-order chi connectivity index (χ1) is 5.27. The van der Waals surface area contributed by atoms with E-state index < -0.39 is 6.10 Å². The predicted octanol–water partition coefficient (Wildman–Crippen LogP) is -0.607. The molecule has 68 valence electrons. The number of rotatable bonds is 7. The van der Waals surface area contributed by atoms with Crippen LogP contribution in [0.1, 0.15) is 6.92 Å². The van der Waals surface area contributed by atoms with E-state index in [-0.39, 0.29) is 6.61 Å². The van der Waals surface area contributed by atoms with Crippen LogP contribution in [0.5, 0.6) is 0 Å². The molecule has 0 aromatic carbocycles. The lowest BCUT2D eigenvalue weighted by Crippen LogP contribution is -2.14. The van der Waals surface area contributed by atoms with Gasteiger partial charge in [0.05, 0.1) is 39.1 Å². The highest BCUT2D eigenvalue weighted by Gasteiger charge is 1.94. The van der Waals surface area contributed by atoms with Gasteiger partial charge < -0.3 is 19.7 Å². The van der Waals surface area contributed by atoms with Gasteiger partial charge in [0.25, 0.3) is 0 Å². The minimum atomic E-state index is -0.423. The van der Waals surface area contributed by atoms with Gasteiger partial charge in [-0.25, -0.2) is 0 Å². The Morgan fingerprint density at radius 1 is 1.18 bits per heavy atom. The monoisotopic (exact) mass is 164 g/mol. The zero-order valence-electron chi connectivity index (χ0n) is 6.82. The molecule has 0 aliphatic heterocycles. The highest BCUT2D eigenvalue weighted by atomic mass is 16.5. The molecule has 11 heavy (non-hydrogen) atoms. The third-order valence-electron chi connectivity index (χ3n) is 0.967. The van der Waals surface area contributed by atoms with E-state index in [2.05, 4.69) is 0 Å². The summed E-state index contributed by atoms with van der Waals surface area (Å²) in [6.07, 6.45) is -0.423. The molecule has 0 saturated carbocycles. The molecule has 0 bridgehead atoms. The second kappa shape index (κ2) is 7.94. The van der Waals surface area contributed by atoms with Crippen molar-refractivity contribution in [2.75, 3.05) is 33.0 Å². The lowest BCUT2D eigenvalue weighted by molar-refractivity contribution is 0.00292. The summed E-state index contributed by atoms with van der Waals surface area (Å²) < 4.78 is 9.89. The summed E-state index contributed by atoms with van der Waals surface area (Å²) in [5.41, 5.74) is 0. The van der Waals surface area contributed by atoms with Crippen molar-refractivity contribution >= 4 is 0 Å². The molecular formula is C7H16O4. The molecule has 1 atom stereocenters. The second-order valence-electron chi connectivity index (χ2n) is 2.26. The summed E-state index contributed by atoms with van der Waals surface area (Å²) in [5.74, 6) is 0. The van der Waals surface area contributed by atoms with Crippen molar-refractivity contribution in [1.29, 1.82) is 0 Å². The maximum Gasteiger partial charge on any atom is 0.0745 e. The third-order valence-corrected chi connectivity index (χ3v) is 0.967. The molecule has 0 heterocycles. The van der Waals surface area contributed by atoms with Crippen LogP contribution in [0.15, 0.2) is 0 Å². The molecule has 0 aliphatic carbocycles. The molecule has 0 spiro atoms. The molecular weight excluding hydrogens is 148 g/mol. The lowest BCUT2D eigenvalue weighted by atomic mass is 10.4. The van der Waals surface area contributed by atoms with Crippen molar-refractivity contribution in [3.05, 3.63) is 0 Å². The van der Waals surface area contributed by atoms with Crippen LogP contribution in [0, 0.1) is 0 Å². The molecule has 0 unspecified atom stereocenters. The zero-order chi connectivity index (χ0) is 8.53. The van der Waals surface area contributed by atoms with Crippen LogP contribution in [0.2, 0.25) is 0 Å². The summed E-state index contributed by atoms with van der Waals surface area (Å²) in [6, 6.07) is 0. The van der Waals surface area contributed by atoms with Crippen molar-refractivity contribution in [2.24, 2.45) is 0 Å². The summed E-state index contributed by atoms with van der Waals surface area (Å²) in [4.78, 5) is 0. The van der Waals surface area contributed by atoms with E-state index in [9.17, 15) is 0 Å². The van der Waals surface area contributed by atoms with Crippen molar-refractivity contribution < 1.29 is 19.7 Å². The maximum absolute atomic E-state index is 8.75. The Hall–Kier alpha value is -0.160. The molecule has 4 heteroatoms. The number of aliphatic hydroxyl groups is 2. The normalized spacial score (nSPS) is 13.4. The van der Waals surface area contributed by atoms with Crippen LogP contribution in [0.25, 0.3) is 0 Å². The van der Waals surface area contributed by atoms with E-state index in [0.29, 0.717) is 26.4 Å². The molecule has 0 saturated heterocycles. The number of hydrogen-bond donors (Lipinski definition) is 2. The number of aliphatic hydroxyl groups excluding tert-OH is 2. The van der Waals surface area contributed by atoms with Crippen molar-refractivity contribution in [1.82, 2.24) is 0 Å². The summed E-state index contributed by atoms with van der Waals surface area (Å²) in [7, 11) is 0. The SMILES string of the molecule is C[C@@H](O)COCCOCCO. The topological polar surface area (TPSA) is 58.9 Å². The fourth-order valence-corrected chi connectivity index (χ4v) is 0.538. The van der Waals surface area contributed by atoms with Gasteiger partial charge in [-0.15, -0.1) is 0 Å². The average Bonchev–Trinajstić information content (AvgIpc) is 1.96. The van der Waals surface area contributed by atoms with Gasteiger partial charge >= 0.3 is 0 Å². The first-order valence-corrected chi connectivity index (χ1v) is 3.71. The predicted molar refractivity (Wildman–Crippen MR) is 40.4 cm³/mol. The Balaban J connectivity index is 2.80. The summed E-state index contributed by atoms with van der Waals surface area (Å²) >= 11 is 0. The van der Waals surface area contributed by atoms with E-state index in [1.807, 2.05) is 0 Å². The first kappa shape index (κ1) is 10.8. The van der Waals surface area contributed by atoms with E-state index >= 15 is 0 Å². The zero-order valence-corrected chi connectivity index (χ0v) is 6.82. The van der Waals surface area contributed by atoms with Crippen LogP contribution in [-0.2, 0) is 9.47 Å². The van der Waals surface area contributed by atoms with Gasteiger partial charge in [0.2, 0.25) is 0 Å². The van der Waals surface area contributed by atoms with Gasteiger partial charge in [0.15, 0.2) is 0 Å². The van der Waals surface area contributed by atoms with Gasteiger partial charge in [0.1, 0.15) is 0 Å². The Morgan fingerprint density at radius 2 is 1.82 bits per heavy atom. The molecule has 0 aromatic heterocycles. The molecule has 0 amide bonds. The van der Waals surface area contributed by atoms with Crippen LogP contribution in [0.4, 0.5) is 0 Å². The Bertz CT molecular complexity index is 74.8. The molecule has 0 aromatic rings.